The summed E-state index contributed by atoms with van der Waals surface area (Å²) in [5.74, 6) is 0.919. The van der Waals surface area contributed by atoms with Crippen molar-refractivity contribution in [3.05, 3.63) is 30.3 Å². The summed E-state index contributed by atoms with van der Waals surface area (Å²) < 4.78 is 0. The average Bonchev–Trinajstić information content (AvgIpc) is 2.47. The van der Waals surface area contributed by atoms with Crippen LogP contribution in [0.2, 0.25) is 0 Å². The first kappa shape index (κ1) is 13.9. The van der Waals surface area contributed by atoms with Crippen molar-refractivity contribution in [3.63, 3.8) is 0 Å². The molecule has 0 saturated carbocycles. The van der Waals surface area contributed by atoms with E-state index in [4.69, 9.17) is 0 Å². The molecule has 1 heterocycles. The molecule has 0 bridgehead atoms. The summed E-state index contributed by atoms with van der Waals surface area (Å²) in [5, 5.41) is 6.39. The second-order valence-electron chi connectivity index (χ2n) is 5.10. The maximum Gasteiger partial charge on any atom is 0.241 e. The highest BCUT2D eigenvalue weighted by molar-refractivity contribution is 5.80. The van der Waals surface area contributed by atoms with Gasteiger partial charge in [-0.15, -0.1) is 0 Å². The van der Waals surface area contributed by atoms with Gasteiger partial charge in [0.15, 0.2) is 0 Å². The molecule has 0 radical (unpaired) electrons. The zero-order valence-corrected chi connectivity index (χ0v) is 11.6. The molecule has 2 N–H and O–H groups in total. The molecule has 1 aliphatic heterocycles. The minimum absolute atomic E-state index is 0.201. The molecule has 1 aromatic rings. The van der Waals surface area contributed by atoms with E-state index in [-0.39, 0.29) is 5.91 Å². The maximum absolute atomic E-state index is 12.1. The normalized spacial score (nSPS) is 16.4. The Balaban J connectivity index is 1.73. The summed E-state index contributed by atoms with van der Waals surface area (Å²) in [5.41, 5.74) is 1.00. The first-order valence-electron chi connectivity index (χ1n) is 7.01. The molecular formula is C15H23N3O. The van der Waals surface area contributed by atoms with Crippen LogP contribution >= 0.6 is 0 Å². The SMILES string of the molecule is CNCC1CCN(C(=O)CNc2ccccc2)CC1. The van der Waals surface area contributed by atoms with Crippen LogP contribution in [0.3, 0.4) is 0 Å². The molecule has 2 rings (SSSR count). The third-order valence-electron chi connectivity index (χ3n) is 3.68. The fraction of sp³-hybridized carbons (Fsp3) is 0.533. The van der Waals surface area contributed by atoms with Crippen LogP contribution in [-0.4, -0.2) is 44.0 Å². The fourth-order valence-corrected chi connectivity index (χ4v) is 2.52. The minimum atomic E-state index is 0.201. The van der Waals surface area contributed by atoms with E-state index in [2.05, 4.69) is 10.6 Å². The Morgan fingerprint density at radius 1 is 1.26 bits per heavy atom. The Morgan fingerprint density at radius 3 is 2.58 bits per heavy atom. The monoisotopic (exact) mass is 261 g/mol. The largest absolute Gasteiger partial charge is 0.376 e. The third-order valence-corrected chi connectivity index (χ3v) is 3.68. The Hall–Kier alpha value is -1.55. The average molecular weight is 261 g/mol. The molecule has 1 fully saturated rings. The lowest BCUT2D eigenvalue weighted by Gasteiger charge is -2.32. The number of benzene rings is 1. The van der Waals surface area contributed by atoms with Crippen molar-refractivity contribution in [3.8, 4) is 0 Å². The molecule has 0 aromatic heterocycles. The molecule has 1 amide bonds. The van der Waals surface area contributed by atoms with Gasteiger partial charge in [0.1, 0.15) is 0 Å². The molecule has 0 atom stereocenters. The number of anilines is 1. The van der Waals surface area contributed by atoms with E-state index in [9.17, 15) is 4.79 Å². The van der Waals surface area contributed by atoms with E-state index >= 15 is 0 Å². The van der Waals surface area contributed by atoms with E-state index in [0.717, 1.165) is 44.1 Å². The van der Waals surface area contributed by atoms with Crippen LogP contribution in [0.4, 0.5) is 5.69 Å². The molecule has 1 saturated heterocycles. The van der Waals surface area contributed by atoms with E-state index in [0.29, 0.717) is 6.54 Å². The summed E-state index contributed by atoms with van der Waals surface area (Å²) in [6.45, 7) is 3.23. The standard InChI is InChI=1S/C15H23N3O/c1-16-11-13-7-9-18(10-8-13)15(19)12-17-14-5-3-2-4-6-14/h2-6,13,16-17H,7-12H2,1H3. The molecule has 0 unspecified atom stereocenters. The van der Waals surface area contributed by atoms with Gasteiger partial charge in [-0.1, -0.05) is 18.2 Å². The number of nitrogens with one attached hydrogen (secondary N) is 2. The molecule has 0 aliphatic carbocycles. The van der Waals surface area contributed by atoms with Gasteiger partial charge in [0.05, 0.1) is 6.54 Å². The molecule has 4 nitrogen and oxygen atoms in total. The first-order chi connectivity index (χ1) is 9.29. The van der Waals surface area contributed by atoms with Crippen molar-refractivity contribution in [1.29, 1.82) is 0 Å². The van der Waals surface area contributed by atoms with Gasteiger partial charge in [-0.2, -0.15) is 0 Å². The molecule has 19 heavy (non-hydrogen) atoms. The van der Waals surface area contributed by atoms with E-state index in [1.807, 2.05) is 42.3 Å². The van der Waals surface area contributed by atoms with E-state index in [1.165, 1.54) is 0 Å². The lowest BCUT2D eigenvalue weighted by Crippen LogP contribution is -2.42. The van der Waals surface area contributed by atoms with E-state index < -0.39 is 0 Å². The van der Waals surface area contributed by atoms with Gasteiger partial charge >= 0.3 is 0 Å². The van der Waals surface area contributed by atoms with Crippen LogP contribution in [0.15, 0.2) is 30.3 Å². The van der Waals surface area contributed by atoms with Gasteiger partial charge in [-0.05, 0) is 44.5 Å². The topological polar surface area (TPSA) is 44.4 Å². The van der Waals surface area contributed by atoms with Crippen molar-refractivity contribution in [2.45, 2.75) is 12.8 Å². The number of nitrogens with zero attached hydrogens (tertiary/aromatic N) is 1. The Kier molecular flexibility index (Phi) is 5.21. The number of hydrogen-bond acceptors (Lipinski definition) is 3. The molecule has 104 valence electrons. The van der Waals surface area contributed by atoms with Crippen LogP contribution in [-0.2, 0) is 4.79 Å². The van der Waals surface area contributed by atoms with E-state index in [1.54, 1.807) is 0 Å². The van der Waals surface area contributed by atoms with Crippen LogP contribution in [0.25, 0.3) is 0 Å². The van der Waals surface area contributed by atoms with Gasteiger partial charge in [-0.25, -0.2) is 0 Å². The molecule has 0 spiro atoms. The van der Waals surface area contributed by atoms with Crippen molar-refractivity contribution in [1.82, 2.24) is 10.2 Å². The van der Waals surface area contributed by atoms with Gasteiger partial charge in [-0.3, -0.25) is 4.79 Å². The zero-order chi connectivity index (χ0) is 13.5. The number of piperidine rings is 1. The fourth-order valence-electron chi connectivity index (χ4n) is 2.52. The number of hydrogen-bond donors (Lipinski definition) is 2. The number of amides is 1. The highest BCUT2D eigenvalue weighted by atomic mass is 16.2. The van der Waals surface area contributed by atoms with Crippen molar-refractivity contribution in [2.75, 3.05) is 38.5 Å². The number of likely N-dealkylation sites (tertiary alicyclic amines) is 1. The lowest BCUT2D eigenvalue weighted by molar-refractivity contribution is -0.130. The number of rotatable bonds is 5. The highest BCUT2D eigenvalue weighted by Gasteiger charge is 2.21. The van der Waals surface area contributed by atoms with Gasteiger partial charge in [0, 0.05) is 18.8 Å². The second kappa shape index (κ2) is 7.14. The summed E-state index contributed by atoms with van der Waals surface area (Å²) in [6, 6.07) is 9.87. The van der Waals surface area contributed by atoms with Gasteiger partial charge in [0.2, 0.25) is 5.91 Å². The summed E-state index contributed by atoms with van der Waals surface area (Å²) in [7, 11) is 1.99. The number of para-hydroxylation sites is 1. The van der Waals surface area contributed by atoms with Crippen LogP contribution in [0.1, 0.15) is 12.8 Å². The van der Waals surface area contributed by atoms with Gasteiger partial charge < -0.3 is 15.5 Å². The van der Waals surface area contributed by atoms with Crippen molar-refractivity contribution in [2.24, 2.45) is 5.92 Å². The quantitative estimate of drug-likeness (QED) is 0.845. The first-order valence-corrected chi connectivity index (χ1v) is 7.01. The minimum Gasteiger partial charge on any atom is -0.376 e. The van der Waals surface area contributed by atoms with Gasteiger partial charge in [0.25, 0.3) is 0 Å². The zero-order valence-electron chi connectivity index (χ0n) is 11.6. The second-order valence-corrected chi connectivity index (χ2v) is 5.10. The Labute approximate surface area is 115 Å². The molecule has 1 aliphatic rings. The smallest absolute Gasteiger partial charge is 0.241 e. The van der Waals surface area contributed by atoms with Crippen molar-refractivity contribution >= 4 is 11.6 Å². The Morgan fingerprint density at radius 2 is 1.95 bits per heavy atom. The number of carbonyl (C=O) groups excluding carboxylic acids is 1. The summed E-state index contributed by atoms with van der Waals surface area (Å²) in [6.07, 6.45) is 2.22. The Bertz CT molecular complexity index is 386. The summed E-state index contributed by atoms with van der Waals surface area (Å²) >= 11 is 0. The van der Waals surface area contributed by atoms with Crippen LogP contribution < -0.4 is 10.6 Å². The van der Waals surface area contributed by atoms with Crippen LogP contribution in [0, 0.1) is 5.92 Å². The van der Waals surface area contributed by atoms with Crippen LogP contribution in [0.5, 0.6) is 0 Å². The molecule has 4 heteroatoms. The predicted molar refractivity (Wildman–Crippen MR) is 78.2 cm³/mol. The highest BCUT2D eigenvalue weighted by Crippen LogP contribution is 2.16. The lowest BCUT2D eigenvalue weighted by atomic mass is 9.97. The predicted octanol–water partition coefficient (Wildman–Crippen LogP) is 1.56. The third kappa shape index (κ3) is 4.24. The summed E-state index contributed by atoms with van der Waals surface area (Å²) in [4.78, 5) is 14.1. The maximum atomic E-state index is 12.1. The van der Waals surface area contributed by atoms with Crippen molar-refractivity contribution < 1.29 is 4.79 Å². The number of carbonyl (C=O) groups is 1. The molecule has 1 aromatic carbocycles. The molecular weight excluding hydrogens is 238 g/mol.